The van der Waals surface area contributed by atoms with Crippen molar-refractivity contribution in [2.45, 2.75) is 31.9 Å². The van der Waals surface area contributed by atoms with E-state index in [2.05, 4.69) is 0 Å². The molecule has 0 bridgehead atoms. The lowest BCUT2D eigenvalue weighted by Crippen LogP contribution is -2.36. The van der Waals surface area contributed by atoms with Crippen LogP contribution in [0.1, 0.15) is 30.4 Å². The molecule has 0 spiro atoms. The molecule has 1 heterocycles. The second-order valence-corrected chi connectivity index (χ2v) is 6.67. The van der Waals surface area contributed by atoms with E-state index < -0.39 is 10.0 Å². The summed E-state index contributed by atoms with van der Waals surface area (Å²) in [5.74, 6) is 0.134. The molecule has 0 N–H and O–H groups in total. The number of hydrogen-bond acceptors (Lipinski definition) is 2. The van der Waals surface area contributed by atoms with E-state index in [0.717, 1.165) is 30.4 Å². The first kappa shape index (κ1) is 12.6. The summed E-state index contributed by atoms with van der Waals surface area (Å²) in [5.41, 5.74) is 1.99. The van der Waals surface area contributed by atoms with Gasteiger partial charge in [0.15, 0.2) is 0 Å². The Morgan fingerprint density at radius 2 is 1.88 bits per heavy atom. The predicted octanol–water partition coefficient (Wildman–Crippen LogP) is 2.31. The molecule has 0 atom stereocenters. The fraction of sp³-hybridized carbons (Fsp3) is 0.538. The summed E-state index contributed by atoms with van der Waals surface area (Å²) in [6.45, 7) is 3.36. The van der Waals surface area contributed by atoms with Crippen LogP contribution >= 0.6 is 0 Å². The minimum Gasteiger partial charge on any atom is -0.212 e. The number of piperidine rings is 1. The molecular weight excluding hydrogens is 234 g/mol. The third kappa shape index (κ3) is 3.30. The monoisotopic (exact) mass is 253 g/mol. The third-order valence-electron chi connectivity index (χ3n) is 3.14. The molecule has 1 aromatic rings. The van der Waals surface area contributed by atoms with Crippen molar-refractivity contribution >= 4 is 10.0 Å². The Hall–Kier alpha value is -0.870. The molecule has 0 radical (unpaired) electrons. The van der Waals surface area contributed by atoms with Crippen molar-refractivity contribution in [1.82, 2.24) is 4.31 Å². The molecule has 2 rings (SSSR count). The standard InChI is InChI=1S/C13H19NO2S/c1-12-6-5-7-13(10-12)11-17(15,16)14-8-3-2-4-9-14/h5-7,10H,2-4,8-9,11H2,1H3. The van der Waals surface area contributed by atoms with E-state index in [9.17, 15) is 8.42 Å². The van der Waals surface area contributed by atoms with E-state index in [4.69, 9.17) is 0 Å². The number of rotatable bonds is 3. The number of benzene rings is 1. The maximum absolute atomic E-state index is 12.2. The number of aryl methyl sites for hydroxylation is 1. The zero-order valence-corrected chi connectivity index (χ0v) is 11.0. The highest BCUT2D eigenvalue weighted by Gasteiger charge is 2.23. The van der Waals surface area contributed by atoms with Gasteiger partial charge in [-0.25, -0.2) is 12.7 Å². The van der Waals surface area contributed by atoms with Crippen molar-refractivity contribution in [2.75, 3.05) is 13.1 Å². The van der Waals surface area contributed by atoms with Gasteiger partial charge in [-0.3, -0.25) is 0 Å². The Morgan fingerprint density at radius 1 is 1.18 bits per heavy atom. The molecule has 1 fully saturated rings. The van der Waals surface area contributed by atoms with Gasteiger partial charge < -0.3 is 0 Å². The van der Waals surface area contributed by atoms with Crippen LogP contribution in [0.3, 0.4) is 0 Å². The molecule has 1 aliphatic heterocycles. The molecule has 0 aromatic heterocycles. The normalized spacial score (nSPS) is 18.2. The number of hydrogen-bond donors (Lipinski definition) is 0. The fourth-order valence-corrected chi connectivity index (χ4v) is 3.84. The lowest BCUT2D eigenvalue weighted by Gasteiger charge is -2.25. The van der Waals surface area contributed by atoms with E-state index >= 15 is 0 Å². The van der Waals surface area contributed by atoms with E-state index in [1.54, 1.807) is 4.31 Å². The smallest absolute Gasteiger partial charge is 0.212 e. The van der Waals surface area contributed by atoms with Gasteiger partial charge in [0.25, 0.3) is 0 Å². The lowest BCUT2D eigenvalue weighted by molar-refractivity contribution is 0.346. The Balaban J connectivity index is 2.11. The van der Waals surface area contributed by atoms with Gasteiger partial charge in [-0.2, -0.15) is 0 Å². The average molecular weight is 253 g/mol. The van der Waals surface area contributed by atoms with Gasteiger partial charge in [-0.05, 0) is 25.3 Å². The molecule has 0 unspecified atom stereocenters. The molecule has 94 valence electrons. The first-order valence-electron chi connectivity index (χ1n) is 6.11. The van der Waals surface area contributed by atoms with Crippen LogP contribution in [0.4, 0.5) is 0 Å². The Kier molecular flexibility index (Phi) is 3.84. The highest BCUT2D eigenvalue weighted by atomic mass is 32.2. The van der Waals surface area contributed by atoms with E-state index in [1.165, 1.54) is 0 Å². The summed E-state index contributed by atoms with van der Waals surface area (Å²) < 4.78 is 26.0. The van der Waals surface area contributed by atoms with Gasteiger partial charge in [0, 0.05) is 13.1 Å². The quantitative estimate of drug-likeness (QED) is 0.829. The summed E-state index contributed by atoms with van der Waals surface area (Å²) in [6.07, 6.45) is 3.14. The lowest BCUT2D eigenvalue weighted by atomic mass is 10.2. The van der Waals surface area contributed by atoms with Crippen LogP contribution in [0.15, 0.2) is 24.3 Å². The van der Waals surface area contributed by atoms with E-state index in [-0.39, 0.29) is 5.75 Å². The minimum absolute atomic E-state index is 0.134. The van der Waals surface area contributed by atoms with Crippen LogP contribution in [0, 0.1) is 6.92 Å². The highest BCUT2D eigenvalue weighted by Crippen LogP contribution is 2.17. The van der Waals surface area contributed by atoms with Crippen LogP contribution in [0.2, 0.25) is 0 Å². The molecule has 0 aliphatic carbocycles. The van der Waals surface area contributed by atoms with E-state index in [0.29, 0.717) is 13.1 Å². The Labute approximate surface area is 104 Å². The molecule has 1 aliphatic rings. The zero-order chi connectivity index (χ0) is 12.3. The van der Waals surface area contributed by atoms with Crippen LogP contribution in [-0.2, 0) is 15.8 Å². The molecule has 3 nitrogen and oxygen atoms in total. The third-order valence-corrected chi connectivity index (χ3v) is 4.99. The van der Waals surface area contributed by atoms with E-state index in [1.807, 2.05) is 31.2 Å². The molecule has 1 saturated heterocycles. The summed E-state index contributed by atoms with van der Waals surface area (Å²) in [4.78, 5) is 0. The van der Waals surface area contributed by atoms with Gasteiger partial charge in [0.2, 0.25) is 10.0 Å². The van der Waals surface area contributed by atoms with Crippen molar-refractivity contribution in [3.8, 4) is 0 Å². The fourth-order valence-electron chi connectivity index (χ4n) is 2.25. The highest BCUT2D eigenvalue weighted by molar-refractivity contribution is 7.88. The van der Waals surface area contributed by atoms with Gasteiger partial charge in [0.05, 0.1) is 5.75 Å². The molecule has 17 heavy (non-hydrogen) atoms. The SMILES string of the molecule is Cc1cccc(CS(=O)(=O)N2CCCCC2)c1. The van der Waals surface area contributed by atoms with Gasteiger partial charge >= 0.3 is 0 Å². The second kappa shape index (κ2) is 5.19. The van der Waals surface area contributed by atoms with Crippen LogP contribution in [0.25, 0.3) is 0 Å². The van der Waals surface area contributed by atoms with Gasteiger partial charge in [0.1, 0.15) is 0 Å². The Morgan fingerprint density at radius 3 is 2.53 bits per heavy atom. The van der Waals surface area contributed by atoms with Crippen molar-refractivity contribution in [2.24, 2.45) is 0 Å². The number of nitrogens with zero attached hydrogens (tertiary/aromatic N) is 1. The van der Waals surface area contributed by atoms with Crippen LogP contribution < -0.4 is 0 Å². The first-order valence-corrected chi connectivity index (χ1v) is 7.72. The maximum Gasteiger partial charge on any atom is 0.218 e. The molecule has 1 aromatic carbocycles. The van der Waals surface area contributed by atoms with Crippen molar-refractivity contribution < 1.29 is 8.42 Å². The second-order valence-electron chi connectivity index (χ2n) is 4.70. The molecule has 0 amide bonds. The van der Waals surface area contributed by atoms with Gasteiger partial charge in [-0.1, -0.05) is 36.2 Å². The Bertz CT molecular complexity index is 476. The largest absolute Gasteiger partial charge is 0.218 e. The van der Waals surface area contributed by atoms with Crippen molar-refractivity contribution in [3.05, 3.63) is 35.4 Å². The summed E-state index contributed by atoms with van der Waals surface area (Å²) in [6, 6.07) is 7.73. The van der Waals surface area contributed by atoms with Crippen molar-refractivity contribution in [1.29, 1.82) is 0 Å². The molecule has 0 saturated carbocycles. The first-order chi connectivity index (χ1) is 8.08. The zero-order valence-electron chi connectivity index (χ0n) is 10.2. The molecular formula is C13H19NO2S. The number of sulfonamides is 1. The predicted molar refractivity (Wildman–Crippen MR) is 69.2 cm³/mol. The van der Waals surface area contributed by atoms with Crippen molar-refractivity contribution in [3.63, 3.8) is 0 Å². The topological polar surface area (TPSA) is 37.4 Å². The summed E-state index contributed by atoms with van der Waals surface area (Å²) in [5, 5.41) is 0. The maximum atomic E-state index is 12.2. The van der Waals surface area contributed by atoms with Gasteiger partial charge in [-0.15, -0.1) is 0 Å². The summed E-state index contributed by atoms with van der Waals surface area (Å²) in [7, 11) is -3.12. The summed E-state index contributed by atoms with van der Waals surface area (Å²) >= 11 is 0. The average Bonchev–Trinajstić information content (AvgIpc) is 2.29. The minimum atomic E-state index is -3.12. The van der Waals surface area contributed by atoms with Crippen LogP contribution in [-0.4, -0.2) is 25.8 Å². The molecule has 4 heteroatoms. The van der Waals surface area contributed by atoms with Crippen LogP contribution in [0.5, 0.6) is 0 Å².